The zero-order chi connectivity index (χ0) is 13.5. The van der Waals surface area contributed by atoms with Crippen molar-refractivity contribution in [2.24, 2.45) is 0 Å². The average molecular weight is 314 g/mol. The van der Waals surface area contributed by atoms with E-state index in [1.807, 2.05) is 30.1 Å². The lowest BCUT2D eigenvalue weighted by atomic mass is 10.1. The Bertz CT molecular complexity index is 446. The van der Waals surface area contributed by atoms with Gasteiger partial charge in [-0.3, -0.25) is 0 Å². The Hall–Kier alpha value is -1.33. The number of aliphatic carboxylic acids is 1. The third kappa shape index (κ3) is 4.50. The number of carboxylic acid groups (broad SMARTS) is 1. The quantitative estimate of drug-likeness (QED) is 0.820. The van der Waals surface area contributed by atoms with E-state index in [9.17, 15) is 4.79 Å². The molecule has 0 aliphatic rings. The minimum absolute atomic E-state index is 0.620. The van der Waals surface area contributed by atoms with Gasteiger partial charge in [0, 0.05) is 36.9 Å². The molecule has 0 radical (unpaired) electrons. The Morgan fingerprint density at radius 1 is 1.56 bits per heavy atom. The molecule has 0 unspecified atom stereocenters. The predicted octanol–water partition coefficient (Wildman–Crippen LogP) is 2.63. The predicted molar refractivity (Wildman–Crippen MR) is 76.0 cm³/mol. The lowest BCUT2D eigenvalue weighted by molar-refractivity contribution is -0.131. The van der Waals surface area contributed by atoms with Crippen LogP contribution < -0.4 is 4.90 Å². The van der Waals surface area contributed by atoms with Crippen molar-refractivity contribution < 1.29 is 14.6 Å². The van der Waals surface area contributed by atoms with Crippen LogP contribution >= 0.6 is 15.9 Å². The summed E-state index contributed by atoms with van der Waals surface area (Å²) in [5.41, 5.74) is 1.82. The van der Waals surface area contributed by atoms with Crippen LogP contribution in [0.15, 0.2) is 28.7 Å². The van der Waals surface area contributed by atoms with Gasteiger partial charge in [0.05, 0.1) is 6.61 Å². The second-order valence-corrected chi connectivity index (χ2v) is 4.70. The molecule has 18 heavy (non-hydrogen) atoms. The van der Waals surface area contributed by atoms with Crippen molar-refractivity contribution in [1.82, 2.24) is 0 Å². The number of hydrogen-bond donors (Lipinski definition) is 1. The summed E-state index contributed by atoms with van der Waals surface area (Å²) in [7, 11) is 3.60. The molecule has 0 aromatic heterocycles. The number of halogens is 1. The molecule has 1 aromatic carbocycles. The molecule has 1 rings (SSSR count). The van der Waals surface area contributed by atoms with E-state index >= 15 is 0 Å². The third-order valence-electron chi connectivity index (χ3n) is 2.44. The highest BCUT2D eigenvalue weighted by Crippen LogP contribution is 2.25. The second-order valence-electron chi connectivity index (χ2n) is 3.79. The fourth-order valence-corrected chi connectivity index (χ4v) is 1.90. The van der Waals surface area contributed by atoms with E-state index in [4.69, 9.17) is 9.84 Å². The van der Waals surface area contributed by atoms with Gasteiger partial charge in [0.15, 0.2) is 0 Å². The van der Waals surface area contributed by atoms with E-state index in [1.54, 1.807) is 13.2 Å². The van der Waals surface area contributed by atoms with Crippen LogP contribution in [0, 0.1) is 0 Å². The number of ether oxygens (including phenoxy) is 1. The first-order valence-electron chi connectivity index (χ1n) is 5.45. The molecule has 0 heterocycles. The smallest absolute Gasteiger partial charge is 0.328 e. The lowest BCUT2D eigenvalue weighted by Crippen LogP contribution is -2.22. The molecule has 98 valence electrons. The van der Waals surface area contributed by atoms with Gasteiger partial charge in [-0.25, -0.2) is 4.79 Å². The Balaban J connectivity index is 2.98. The van der Waals surface area contributed by atoms with Crippen molar-refractivity contribution in [1.29, 1.82) is 0 Å². The lowest BCUT2D eigenvalue weighted by Gasteiger charge is -2.21. The SMILES string of the molecule is COCCN(C)c1ccc(Br)cc1C=CC(=O)O. The summed E-state index contributed by atoms with van der Waals surface area (Å²) in [6.45, 7) is 1.36. The molecule has 0 saturated heterocycles. The zero-order valence-corrected chi connectivity index (χ0v) is 12.0. The zero-order valence-electron chi connectivity index (χ0n) is 10.4. The van der Waals surface area contributed by atoms with Crippen LogP contribution in [-0.2, 0) is 9.53 Å². The Kier molecular flexibility index (Phi) is 5.88. The highest BCUT2D eigenvalue weighted by atomic mass is 79.9. The van der Waals surface area contributed by atoms with Crippen molar-refractivity contribution in [3.05, 3.63) is 34.3 Å². The maximum absolute atomic E-state index is 10.6. The highest BCUT2D eigenvalue weighted by Gasteiger charge is 2.06. The van der Waals surface area contributed by atoms with E-state index in [2.05, 4.69) is 15.9 Å². The van der Waals surface area contributed by atoms with Crippen LogP contribution in [0.4, 0.5) is 5.69 Å². The Morgan fingerprint density at radius 2 is 2.28 bits per heavy atom. The van der Waals surface area contributed by atoms with Crippen LogP contribution in [0.2, 0.25) is 0 Å². The molecule has 0 fully saturated rings. The second kappa shape index (κ2) is 7.18. The first kappa shape index (κ1) is 14.7. The third-order valence-corrected chi connectivity index (χ3v) is 2.93. The normalized spacial score (nSPS) is 10.8. The van der Waals surface area contributed by atoms with Crippen molar-refractivity contribution in [2.45, 2.75) is 0 Å². The van der Waals surface area contributed by atoms with Gasteiger partial charge in [0.25, 0.3) is 0 Å². The van der Waals surface area contributed by atoms with Crippen molar-refractivity contribution in [2.75, 3.05) is 32.2 Å². The van der Waals surface area contributed by atoms with Gasteiger partial charge < -0.3 is 14.7 Å². The first-order chi connectivity index (χ1) is 8.54. The molecule has 0 bridgehead atoms. The van der Waals surface area contributed by atoms with Gasteiger partial charge in [0.2, 0.25) is 0 Å². The van der Waals surface area contributed by atoms with E-state index in [0.717, 1.165) is 28.3 Å². The fraction of sp³-hybridized carbons (Fsp3) is 0.308. The molecule has 1 aromatic rings. The maximum atomic E-state index is 10.6. The van der Waals surface area contributed by atoms with E-state index in [0.29, 0.717) is 6.61 Å². The monoisotopic (exact) mass is 313 g/mol. The Labute approximate surface area is 115 Å². The number of methoxy groups -OCH3 is 1. The Morgan fingerprint density at radius 3 is 2.89 bits per heavy atom. The summed E-state index contributed by atoms with van der Waals surface area (Å²) < 4.78 is 5.95. The van der Waals surface area contributed by atoms with Crippen LogP contribution in [0.1, 0.15) is 5.56 Å². The number of anilines is 1. The molecule has 0 aliphatic carbocycles. The van der Waals surface area contributed by atoms with Crippen LogP contribution in [0.3, 0.4) is 0 Å². The molecule has 5 heteroatoms. The molecule has 0 saturated carbocycles. The number of benzene rings is 1. The molecular weight excluding hydrogens is 298 g/mol. The van der Waals surface area contributed by atoms with Gasteiger partial charge in [-0.05, 0) is 29.8 Å². The average Bonchev–Trinajstić information content (AvgIpc) is 2.33. The molecule has 0 spiro atoms. The van der Waals surface area contributed by atoms with Gasteiger partial charge in [0.1, 0.15) is 0 Å². The summed E-state index contributed by atoms with van der Waals surface area (Å²) in [4.78, 5) is 12.6. The number of nitrogens with zero attached hydrogens (tertiary/aromatic N) is 1. The summed E-state index contributed by atoms with van der Waals surface area (Å²) in [6, 6.07) is 5.76. The number of likely N-dealkylation sites (N-methyl/N-ethyl adjacent to an activating group) is 1. The molecule has 0 atom stereocenters. The largest absolute Gasteiger partial charge is 0.478 e. The minimum Gasteiger partial charge on any atom is -0.478 e. The standard InChI is InChI=1S/C13H16BrNO3/c1-15(7-8-18-2)12-5-4-11(14)9-10(12)3-6-13(16)17/h3-6,9H,7-8H2,1-2H3,(H,16,17). The molecule has 0 amide bonds. The number of carboxylic acids is 1. The number of hydrogen-bond acceptors (Lipinski definition) is 3. The fourth-order valence-electron chi connectivity index (χ4n) is 1.52. The van der Waals surface area contributed by atoms with Crippen molar-refractivity contribution in [3.8, 4) is 0 Å². The van der Waals surface area contributed by atoms with Gasteiger partial charge in [-0.15, -0.1) is 0 Å². The molecule has 0 aliphatic heterocycles. The maximum Gasteiger partial charge on any atom is 0.328 e. The van der Waals surface area contributed by atoms with Gasteiger partial charge in [-0.1, -0.05) is 15.9 Å². The topological polar surface area (TPSA) is 49.8 Å². The van der Waals surface area contributed by atoms with Gasteiger partial charge >= 0.3 is 5.97 Å². The van der Waals surface area contributed by atoms with Crippen LogP contribution in [-0.4, -0.2) is 38.4 Å². The molecule has 4 nitrogen and oxygen atoms in total. The summed E-state index contributed by atoms with van der Waals surface area (Å²) in [6.07, 6.45) is 2.72. The van der Waals surface area contributed by atoms with E-state index in [1.165, 1.54) is 0 Å². The molecule has 1 N–H and O–H groups in total. The van der Waals surface area contributed by atoms with Crippen LogP contribution in [0.25, 0.3) is 6.08 Å². The van der Waals surface area contributed by atoms with Crippen LogP contribution in [0.5, 0.6) is 0 Å². The number of carbonyl (C=O) groups is 1. The molecular formula is C13H16BrNO3. The summed E-state index contributed by atoms with van der Waals surface area (Å²) in [5.74, 6) is -0.958. The summed E-state index contributed by atoms with van der Waals surface area (Å²) >= 11 is 3.38. The summed E-state index contributed by atoms with van der Waals surface area (Å²) in [5, 5.41) is 8.68. The number of rotatable bonds is 6. The van der Waals surface area contributed by atoms with E-state index in [-0.39, 0.29) is 0 Å². The van der Waals surface area contributed by atoms with Crippen molar-refractivity contribution >= 4 is 33.7 Å². The van der Waals surface area contributed by atoms with E-state index < -0.39 is 5.97 Å². The minimum atomic E-state index is -0.958. The van der Waals surface area contributed by atoms with Gasteiger partial charge in [-0.2, -0.15) is 0 Å². The van der Waals surface area contributed by atoms with Crippen molar-refractivity contribution in [3.63, 3.8) is 0 Å². The highest BCUT2D eigenvalue weighted by molar-refractivity contribution is 9.10. The first-order valence-corrected chi connectivity index (χ1v) is 6.24.